The molecular weight excluding hydrogens is 354 g/mol. The molecule has 0 aliphatic heterocycles. The van der Waals surface area contributed by atoms with Crippen LogP contribution in [-0.4, -0.2) is 36.4 Å². The molecule has 136 valence electrons. The van der Waals surface area contributed by atoms with Crippen LogP contribution in [0.5, 0.6) is 0 Å². The predicted molar refractivity (Wildman–Crippen MR) is 101 cm³/mol. The fourth-order valence-corrected chi connectivity index (χ4v) is 2.50. The fourth-order valence-electron chi connectivity index (χ4n) is 2.32. The Hall–Kier alpha value is -2.93. The van der Waals surface area contributed by atoms with Gasteiger partial charge < -0.3 is 9.47 Å². The number of esters is 1. The molecule has 0 aromatic heterocycles. The van der Waals surface area contributed by atoms with Gasteiger partial charge in [0.2, 0.25) is 11.1 Å². The molecule has 1 atom stereocenters. The smallest absolute Gasteiger partial charge is 0.341 e. The SMILES string of the molecule is COC=C(C(=O)OC)c1ccccc1C(=NOS(C)=O)c1ccccc1. The molecule has 0 saturated heterocycles. The molecule has 6 nitrogen and oxygen atoms in total. The maximum absolute atomic E-state index is 12.2. The normalized spacial score (nSPS) is 13.0. The van der Waals surface area contributed by atoms with E-state index in [0.29, 0.717) is 16.8 Å². The standard InChI is InChI=1S/C19H19NO5S/c1-23-13-17(19(21)24-2)15-11-7-8-12-16(15)18(20-25-26(3)22)14-9-5-4-6-10-14/h4-13H,1-3H3. The first-order valence-electron chi connectivity index (χ1n) is 7.63. The number of carbonyl (C=O) groups is 1. The average Bonchev–Trinajstić information content (AvgIpc) is 2.67. The highest BCUT2D eigenvalue weighted by molar-refractivity contribution is 7.79. The lowest BCUT2D eigenvalue weighted by Gasteiger charge is -2.13. The second-order valence-corrected chi connectivity index (χ2v) is 6.04. The van der Waals surface area contributed by atoms with Crippen molar-refractivity contribution in [2.45, 2.75) is 0 Å². The molecule has 0 amide bonds. The molecule has 2 rings (SSSR count). The van der Waals surface area contributed by atoms with E-state index in [1.807, 2.05) is 36.4 Å². The molecular formula is C19H19NO5S. The van der Waals surface area contributed by atoms with Crippen molar-refractivity contribution in [1.82, 2.24) is 0 Å². The number of benzene rings is 2. The first-order chi connectivity index (χ1) is 12.6. The summed E-state index contributed by atoms with van der Waals surface area (Å²) >= 11 is -1.58. The van der Waals surface area contributed by atoms with Crippen LogP contribution in [0.15, 0.2) is 66.0 Å². The third kappa shape index (κ3) is 4.80. The fraction of sp³-hybridized carbons (Fsp3) is 0.158. The van der Waals surface area contributed by atoms with E-state index in [4.69, 9.17) is 13.8 Å². The summed E-state index contributed by atoms with van der Waals surface area (Å²) in [7, 11) is 2.74. The molecule has 0 saturated carbocycles. The summed E-state index contributed by atoms with van der Waals surface area (Å²) in [5.74, 6) is -0.549. The van der Waals surface area contributed by atoms with Gasteiger partial charge in [-0.15, -0.1) is 0 Å². The minimum Gasteiger partial charge on any atom is -0.503 e. The van der Waals surface area contributed by atoms with Gasteiger partial charge in [-0.25, -0.2) is 9.00 Å². The summed E-state index contributed by atoms with van der Waals surface area (Å²) in [6.45, 7) is 0. The number of rotatable bonds is 7. The number of hydrogen-bond donors (Lipinski definition) is 0. The lowest BCUT2D eigenvalue weighted by molar-refractivity contribution is -0.133. The molecule has 0 fully saturated rings. The molecule has 0 aliphatic rings. The Balaban J connectivity index is 2.67. The van der Waals surface area contributed by atoms with Gasteiger partial charge in [0.05, 0.1) is 26.7 Å². The van der Waals surface area contributed by atoms with Crippen LogP contribution in [0.2, 0.25) is 0 Å². The largest absolute Gasteiger partial charge is 0.503 e. The highest BCUT2D eigenvalue weighted by Gasteiger charge is 2.20. The zero-order chi connectivity index (χ0) is 18.9. The van der Waals surface area contributed by atoms with E-state index in [0.717, 1.165) is 5.56 Å². The van der Waals surface area contributed by atoms with Gasteiger partial charge >= 0.3 is 5.97 Å². The number of hydrogen-bond acceptors (Lipinski definition) is 6. The van der Waals surface area contributed by atoms with Crippen molar-refractivity contribution in [3.8, 4) is 0 Å². The van der Waals surface area contributed by atoms with E-state index in [2.05, 4.69) is 5.16 Å². The molecule has 26 heavy (non-hydrogen) atoms. The Morgan fingerprint density at radius 1 is 1.00 bits per heavy atom. The minimum absolute atomic E-state index is 0.229. The molecule has 0 bridgehead atoms. The summed E-state index contributed by atoms with van der Waals surface area (Å²) in [5, 5.41) is 4.05. The molecule has 0 aliphatic carbocycles. The van der Waals surface area contributed by atoms with Crippen molar-refractivity contribution in [2.75, 3.05) is 20.5 Å². The third-order valence-corrected chi connectivity index (χ3v) is 3.68. The van der Waals surface area contributed by atoms with Crippen molar-refractivity contribution in [3.05, 3.63) is 77.5 Å². The first-order valence-corrected chi connectivity index (χ1v) is 9.12. The van der Waals surface area contributed by atoms with Crippen molar-refractivity contribution in [1.29, 1.82) is 0 Å². The zero-order valence-corrected chi connectivity index (χ0v) is 15.5. The van der Waals surface area contributed by atoms with Gasteiger partial charge in [0.1, 0.15) is 11.3 Å². The first kappa shape index (κ1) is 19.4. The van der Waals surface area contributed by atoms with Crippen LogP contribution < -0.4 is 0 Å². The second kappa shape index (κ2) is 9.53. The summed E-state index contributed by atoms with van der Waals surface area (Å²) in [5.41, 5.74) is 2.56. The Bertz CT molecular complexity index is 846. The van der Waals surface area contributed by atoms with Crippen molar-refractivity contribution < 1.29 is 22.8 Å². The van der Waals surface area contributed by atoms with Crippen LogP contribution in [0, 0.1) is 0 Å². The number of carbonyl (C=O) groups excluding carboxylic acids is 1. The van der Waals surface area contributed by atoms with E-state index < -0.39 is 17.0 Å². The van der Waals surface area contributed by atoms with Gasteiger partial charge in [-0.3, -0.25) is 4.28 Å². The van der Waals surface area contributed by atoms with Gasteiger partial charge in [0, 0.05) is 16.7 Å². The second-order valence-electron chi connectivity index (χ2n) is 5.09. The van der Waals surface area contributed by atoms with Crippen LogP contribution in [0.1, 0.15) is 16.7 Å². The number of nitrogens with zero attached hydrogens (tertiary/aromatic N) is 1. The predicted octanol–water partition coefficient (Wildman–Crippen LogP) is 2.91. The molecule has 0 radical (unpaired) electrons. The summed E-state index contributed by atoms with van der Waals surface area (Å²) < 4.78 is 26.2. The number of methoxy groups -OCH3 is 2. The van der Waals surface area contributed by atoms with Crippen LogP contribution >= 0.6 is 0 Å². The van der Waals surface area contributed by atoms with E-state index in [1.54, 1.807) is 18.2 Å². The third-order valence-electron chi connectivity index (χ3n) is 3.39. The van der Waals surface area contributed by atoms with E-state index in [1.165, 1.54) is 26.7 Å². The van der Waals surface area contributed by atoms with Crippen molar-refractivity contribution in [3.63, 3.8) is 0 Å². The minimum atomic E-state index is -1.58. The van der Waals surface area contributed by atoms with Crippen molar-refractivity contribution >= 4 is 28.3 Å². The Morgan fingerprint density at radius 2 is 1.62 bits per heavy atom. The van der Waals surface area contributed by atoms with E-state index in [-0.39, 0.29) is 5.57 Å². The molecule has 2 aromatic carbocycles. The topological polar surface area (TPSA) is 74.2 Å². The molecule has 0 N–H and O–H groups in total. The van der Waals surface area contributed by atoms with Crippen LogP contribution in [0.4, 0.5) is 0 Å². The molecule has 2 aromatic rings. The van der Waals surface area contributed by atoms with Gasteiger partial charge in [0.25, 0.3) is 0 Å². The average molecular weight is 373 g/mol. The lowest BCUT2D eigenvalue weighted by Crippen LogP contribution is -2.12. The number of ether oxygens (including phenoxy) is 2. The summed E-state index contributed by atoms with van der Waals surface area (Å²) in [4.78, 5) is 12.2. The number of oxime groups is 1. The zero-order valence-electron chi connectivity index (χ0n) is 14.7. The highest BCUT2D eigenvalue weighted by Crippen LogP contribution is 2.24. The quantitative estimate of drug-likeness (QED) is 0.245. The van der Waals surface area contributed by atoms with Crippen LogP contribution in [0.3, 0.4) is 0 Å². The monoisotopic (exact) mass is 373 g/mol. The van der Waals surface area contributed by atoms with Gasteiger partial charge in [-0.1, -0.05) is 59.8 Å². The highest BCUT2D eigenvalue weighted by atomic mass is 32.2. The lowest BCUT2D eigenvalue weighted by atomic mass is 9.93. The van der Waals surface area contributed by atoms with Gasteiger partial charge in [0.15, 0.2) is 0 Å². The van der Waals surface area contributed by atoms with Gasteiger partial charge in [-0.05, 0) is 0 Å². The Kier molecular flexibility index (Phi) is 7.11. The van der Waals surface area contributed by atoms with Crippen molar-refractivity contribution in [2.24, 2.45) is 5.16 Å². The van der Waals surface area contributed by atoms with Crippen LogP contribution in [0.25, 0.3) is 5.57 Å². The van der Waals surface area contributed by atoms with E-state index in [9.17, 15) is 9.00 Å². The Labute approximate surface area is 154 Å². The maximum Gasteiger partial charge on any atom is 0.341 e. The molecule has 7 heteroatoms. The molecule has 0 heterocycles. The van der Waals surface area contributed by atoms with Crippen LogP contribution in [-0.2, 0) is 29.6 Å². The summed E-state index contributed by atoms with van der Waals surface area (Å²) in [6.07, 6.45) is 2.69. The maximum atomic E-state index is 12.2. The molecule has 0 spiro atoms. The van der Waals surface area contributed by atoms with Gasteiger partial charge in [-0.2, -0.15) is 0 Å². The molecule has 1 unspecified atom stereocenters. The van der Waals surface area contributed by atoms with E-state index >= 15 is 0 Å². The Morgan fingerprint density at radius 3 is 2.19 bits per heavy atom. The summed E-state index contributed by atoms with van der Waals surface area (Å²) in [6, 6.07) is 16.4.